The van der Waals surface area contributed by atoms with E-state index in [1.165, 1.54) is 83.5 Å². The van der Waals surface area contributed by atoms with Crippen LogP contribution in [0.15, 0.2) is 0 Å². The Morgan fingerprint density at radius 3 is 1.48 bits per heavy atom. The van der Waals surface area contributed by atoms with E-state index in [2.05, 4.69) is 6.92 Å². The summed E-state index contributed by atoms with van der Waals surface area (Å²) < 4.78 is 0. The maximum Gasteiger partial charge on any atom is 1.00 e. The van der Waals surface area contributed by atoms with Crippen LogP contribution in [0.3, 0.4) is 0 Å². The van der Waals surface area contributed by atoms with Crippen molar-refractivity contribution in [1.82, 2.24) is 4.90 Å². The van der Waals surface area contributed by atoms with E-state index in [0.29, 0.717) is 0 Å². The van der Waals surface area contributed by atoms with E-state index in [1.54, 1.807) is 0 Å². The average Bonchev–Trinajstić information content (AvgIpc) is 2.47. The first-order valence-corrected chi connectivity index (χ1v) is 9.57. The van der Waals surface area contributed by atoms with Gasteiger partial charge in [-0.3, -0.25) is 9.69 Å². The number of hydrogen-bond acceptors (Lipinski definition) is 2. The predicted molar refractivity (Wildman–Crippen MR) is 96.6 cm³/mol. The number of unbranched alkanes of at least 4 members (excludes halogenated alkanes) is 13. The Morgan fingerprint density at radius 2 is 1.13 bits per heavy atom. The van der Waals surface area contributed by atoms with E-state index in [-0.39, 0.29) is 37.5 Å². The van der Waals surface area contributed by atoms with Crippen LogP contribution < -0.4 is 29.6 Å². The molecule has 0 bridgehead atoms. The monoisotopic (exact) mass is 337 g/mol. The Kier molecular flexibility index (Phi) is 22.8. The third kappa shape index (κ3) is 22.4. The minimum absolute atomic E-state index is 0. The minimum Gasteiger partial charge on any atom is -1.00 e. The molecule has 3 nitrogen and oxygen atoms in total. The van der Waals surface area contributed by atoms with E-state index in [1.807, 2.05) is 11.9 Å². The standard InChI is InChI=1S/C19H39NO2.Na.H/c1-3-4-5-6-7-8-9-10-11-12-13-14-15-16-17-20(2)18-19(21)22;;/h3-18H2,1-2H3,(H,21,22);;/q;+1;-1. The fraction of sp³-hybridized carbons (Fsp3) is 0.947. The van der Waals surface area contributed by atoms with Crippen molar-refractivity contribution in [3.63, 3.8) is 0 Å². The Bertz CT molecular complexity index is 256. The van der Waals surface area contributed by atoms with E-state index in [4.69, 9.17) is 5.11 Å². The van der Waals surface area contributed by atoms with Crippen molar-refractivity contribution in [2.45, 2.75) is 96.8 Å². The van der Waals surface area contributed by atoms with Crippen molar-refractivity contribution in [1.29, 1.82) is 0 Å². The molecule has 0 aromatic carbocycles. The molecule has 0 rings (SSSR count). The summed E-state index contributed by atoms with van der Waals surface area (Å²) in [6.45, 7) is 3.34. The average molecular weight is 338 g/mol. The largest absolute Gasteiger partial charge is 1.00 e. The molecular formula is C19H40NNaO2. The zero-order valence-corrected chi connectivity index (χ0v) is 18.1. The summed E-state index contributed by atoms with van der Waals surface area (Å²) in [5.74, 6) is -0.729. The van der Waals surface area contributed by atoms with Crippen molar-refractivity contribution in [2.75, 3.05) is 20.1 Å². The van der Waals surface area contributed by atoms with Crippen LogP contribution >= 0.6 is 0 Å². The molecule has 0 saturated heterocycles. The molecule has 0 amide bonds. The third-order valence-corrected chi connectivity index (χ3v) is 4.30. The first-order chi connectivity index (χ1) is 10.7. The van der Waals surface area contributed by atoms with Crippen LogP contribution in [0.2, 0.25) is 0 Å². The van der Waals surface area contributed by atoms with Crippen LogP contribution in [0, 0.1) is 0 Å². The molecule has 0 saturated carbocycles. The summed E-state index contributed by atoms with van der Waals surface area (Å²) in [5, 5.41) is 8.66. The Morgan fingerprint density at radius 1 is 0.783 bits per heavy atom. The van der Waals surface area contributed by atoms with Gasteiger partial charge in [-0.15, -0.1) is 0 Å². The molecule has 4 heteroatoms. The normalized spacial score (nSPS) is 10.7. The van der Waals surface area contributed by atoms with Crippen molar-refractivity contribution >= 4 is 5.97 Å². The molecule has 0 unspecified atom stereocenters. The quantitative estimate of drug-likeness (QED) is 0.328. The molecule has 0 aliphatic heterocycles. The maximum atomic E-state index is 10.5. The molecule has 0 radical (unpaired) electrons. The fourth-order valence-electron chi connectivity index (χ4n) is 2.89. The van der Waals surface area contributed by atoms with Crippen LogP contribution in [-0.2, 0) is 4.79 Å². The topological polar surface area (TPSA) is 40.5 Å². The van der Waals surface area contributed by atoms with Crippen molar-refractivity contribution in [3.8, 4) is 0 Å². The molecule has 0 aromatic heterocycles. The number of rotatable bonds is 17. The van der Waals surface area contributed by atoms with Crippen LogP contribution in [0.4, 0.5) is 0 Å². The molecule has 0 aromatic rings. The minimum atomic E-state index is -0.729. The van der Waals surface area contributed by atoms with E-state index < -0.39 is 5.97 Å². The third-order valence-electron chi connectivity index (χ3n) is 4.30. The number of likely N-dealkylation sites (N-methyl/N-ethyl adjacent to an activating group) is 1. The Labute approximate surface area is 168 Å². The summed E-state index contributed by atoms with van der Waals surface area (Å²) in [5.41, 5.74) is 0. The van der Waals surface area contributed by atoms with Gasteiger partial charge >= 0.3 is 35.5 Å². The van der Waals surface area contributed by atoms with Gasteiger partial charge in [0, 0.05) is 0 Å². The van der Waals surface area contributed by atoms with Gasteiger partial charge < -0.3 is 6.53 Å². The molecular weight excluding hydrogens is 297 g/mol. The Hall–Kier alpha value is 0.430. The second-order valence-corrected chi connectivity index (χ2v) is 6.73. The molecule has 0 fully saturated rings. The summed E-state index contributed by atoms with van der Waals surface area (Å²) in [6.07, 6.45) is 19.1. The van der Waals surface area contributed by atoms with Crippen molar-refractivity contribution < 1.29 is 40.9 Å². The van der Waals surface area contributed by atoms with Gasteiger partial charge in [0.2, 0.25) is 0 Å². The smallest absolute Gasteiger partial charge is 1.00 e. The van der Waals surface area contributed by atoms with Crippen LogP contribution in [0.1, 0.15) is 98.2 Å². The fourth-order valence-corrected chi connectivity index (χ4v) is 2.89. The van der Waals surface area contributed by atoms with Gasteiger partial charge in [0.05, 0.1) is 6.54 Å². The zero-order valence-electron chi connectivity index (χ0n) is 17.1. The Balaban J connectivity index is -0.00000220. The van der Waals surface area contributed by atoms with Crippen molar-refractivity contribution in [3.05, 3.63) is 0 Å². The molecule has 0 aliphatic carbocycles. The number of carbonyl (C=O) groups is 1. The van der Waals surface area contributed by atoms with Crippen molar-refractivity contribution in [2.24, 2.45) is 0 Å². The molecule has 23 heavy (non-hydrogen) atoms. The number of hydrogen-bond donors (Lipinski definition) is 1. The molecule has 0 spiro atoms. The van der Waals surface area contributed by atoms with Gasteiger partial charge in [-0.25, -0.2) is 0 Å². The maximum absolute atomic E-state index is 10.5. The summed E-state index contributed by atoms with van der Waals surface area (Å²) in [7, 11) is 1.89. The second kappa shape index (κ2) is 20.5. The first kappa shape index (κ1) is 25.7. The SMILES string of the molecule is CCCCCCCCCCCCCCCCN(C)CC(=O)O.[H-].[Na+]. The number of carboxylic acids is 1. The van der Waals surface area contributed by atoms with E-state index in [0.717, 1.165) is 13.0 Å². The van der Waals surface area contributed by atoms with Crippen LogP contribution in [0.5, 0.6) is 0 Å². The van der Waals surface area contributed by atoms with Gasteiger partial charge in [-0.1, -0.05) is 90.4 Å². The van der Waals surface area contributed by atoms with Gasteiger partial charge in [0.15, 0.2) is 0 Å². The number of carboxylic acid groups (broad SMARTS) is 1. The zero-order chi connectivity index (χ0) is 16.5. The summed E-state index contributed by atoms with van der Waals surface area (Å²) >= 11 is 0. The van der Waals surface area contributed by atoms with E-state index >= 15 is 0 Å². The second-order valence-electron chi connectivity index (χ2n) is 6.73. The number of aliphatic carboxylic acids is 1. The molecule has 0 atom stereocenters. The molecule has 134 valence electrons. The molecule has 0 heterocycles. The summed E-state index contributed by atoms with van der Waals surface area (Å²) in [4.78, 5) is 12.4. The predicted octanol–water partition coefficient (Wildman–Crippen LogP) is 2.60. The molecule has 1 N–H and O–H groups in total. The van der Waals surface area contributed by atoms with Crippen LogP contribution in [-0.4, -0.2) is 36.1 Å². The summed E-state index contributed by atoms with van der Waals surface area (Å²) in [6, 6.07) is 0. The van der Waals surface area contributed by atoms with Gasteiger partial charge in [-0.2, -0.15) is 0 Å². The first-order valence-electron chi connectivity index (χ1n) is 9.57. The molecule has 0 aliphatic rings. The number of nitrogens with zero attached hydrogens (tertiary/aromatic N) is 1. The van der Waals surface area contributed by atoms with Gasteiger partial charge in [0.1, 0.15) is 0 Å². The van der Waals surface area contributed by atoms with E-state index in [9.17, 15) is 4.79 Å². The van der Waals surface area contributed by atoms with Gasteiger partial charge in [0.25, 0.3) is 0 Å². The van der Waals surface area contributed by atoms with Gasteiger partial charge in [-0.05, 0) is 20.0 Å². The van der Waals surface area contributed by atoms with Crippen LogP contribution in [0.25, 0.3) is 0 Å².